The average molecular weight is 401 g/mol. The van der Waals surface area contributed by atoms with Crippen molar-refractivity contribution in [2.75, 3.05) is 13.1 Å². The highest BCUT2D eigenvalue weighted by atomic mass is 32.2. The van der Waals surface area contributed by atoms with Crippen molar-refractivity contribution in [1.82, 2.24) is 9.62 Å². The summed E-state index contributed by atoms with van der Waals surface area (Å²) in [6.45, 7) is 7.28. The number of benzene rings is 2. The number of hydrogen-bond acceptors (Lipinski definition) is 3. The fourth-order valence-electron chi connectivity index (χ4n) is 3.59. The summed E-state index contributed by atoms with van der Waals surface area (Å²) in [4.78, 5) is 12.8. The second-order valence-electron chi connectivity index (χ2n) is 7.64. The first-order chi connectivity index (χ1) is 13.3. The van der Waals surface area contributed by atoms with E-state index in [4.69, 9.17) is 0 Å². The molecular weight excluding hydrogens is 372 g/mol. The molecule has 0 saturated carbocycles. The van der Waals surface area contributed by atoms with Crippen LogP contribution in [0.4, 0.5) is 0 Å². The number of aryl methyl sites for hydroxylation is 3. The first-order valence-corrected chi connectivity index (χ1v) is 11.1. The van der Waals surface area contributed by atoms with E-state index in [1.807, 2.05) is 32.9 Å². The van der Waals surface area contributed by atoms with E-state index < -0.39 is 10.0 Å². The molecule has 1 aliphatic rings. The van der Waals surface area contributed by atoms with Gasteiger partial charge in [-0.15, -0.1) is 0 Å². The predicted molar refractivity (Wildman–Crippen MR) is 110 cm³/mol. The van der Waals surface area contributed by atoms with Gasteiger partial charge in [0.05, 0.1) is 4.90 Å². The monoisotopic (exact) mass is 400 g/mol. The van der Waals surface area contributed by atoms with Gasteiger partial charge in [0.15, 0.2) is 0 Å². The highest BCUT2D eigenvalue weighted by molar-refractivity contribution is 7.89. The second-order valence-corrected chi connectivity index (χ2v) is 9.58. The molecule has 2 aromatic rings. The Hall–Kier alpha value is -2.18. The number of amides is 1. The summed E-state index contributed by atoms with van der Waals surface area (Å²) in [6.07, 6.45) is 1.09. The molecule has 1 fully saturated rings. The molecule has 3 rings (SSSR count). The Morgan fingerprint density at radius 2 is 1.61 bits per heavy atom. The molecule has 1 aliphatic heterocycles. The van der Waals surface area contributed by atoms with Crippen molar-refractivity contribution < 1.29 is 13.2 Å². The third-order valence-corrected chi connectivity index (χ3v) is 7.35. The van der Waals surface area contributed by atoms with Crippen molar-refractivity contribution >= 4 is 15.9 Å². The summed E-state index contributed by atoms with van der Waals surface area (Å²) >= 11 is 0. The van der Waals surface area contributed by atoms with E-state index in [0.717, 1.165) is 11.1 Å². The molecule has 1 saturated heterocycles. The van der Waals surface area contributed by atoms with Crippen molar-refractivity contribution in [2.24, 2.45) is 5.92 Å². The van der Waals surface area contributed by atoms with Crippen molar-refractivity contribution in [3.05, 3.63) is 64.7 Å². The summed E-state index contributed by atoms with van der Waals surface area (Å²) in [6, 6.07) is 13.1. The zero-order valence-electron chi connectivity index (χ0n) is 16.7. The van der Waals surface area contributed by atoms with Gasteiger partial charge in [0.25, 0.3) is 0 Å². The molecule has 150 valence electrons. The molecule has 1 heterocycles. The van der Waals surface area contributed by atoms with Crippen molar-refractivity contribution in [3.63, 3.8) is 0 Å². The number of carbonyl (C=O) groups excluding carboxylic acids is 1. The van der Waals surface area contributed by atoms with Crippen LogP contribution in [0.15, 0.2) is 47.4 Å². The van der Waals surface area contributed by atoms with Crippen LogP contribution in [0.5, 0.6) is 0 Å². The third-order valence-electron chi connectivity index (χ3n) is 5.43. The lowest BCUT2D eigenvalue weighted by molar-refractivity contribution is -0.126. The van der Waals surface area contributed by atoms with Gasteiger partial charge in [0.1, 0.15) is 0 Å². The van der Waals surface area contributed by atoms with E-state index >= 15 is 0 Å². The lowest BCUT2D eigenvalue weighted by atomic mass is 9.97. The van der Waals surface area contributed by atoms with Gasteiger partial charge in [-0.05, 0) is 56.9 Å². The minimum Gasteiger partial charge on any atom is -0.352 e. The van der Waals surface area contributed by atoms with Crippen LogP contribution in [0, 0.1) is 26.7 Å². The summed E-state index contributed by atoms with van der Waals surface area (Å²) in [5.74, 6) is -0.136. The van der Waals surface area contributed by atoms with Crippen LogP contribution in [0.2, 0.25) is 0 Å². The van der Waals surface area contributed by atoms with Gasteiger partial charge in [0.2, 0.25) is 15.9 Å². The van der Waals surface area contributed by atoms with E-state index in [9.17, 15) is 13.2 Å². The molecular formula is C22H28N2O3S. The molecule has 0 spiro atoms. The first kappa shape index (κ1) is 20.6. The molecule has 2 aromatic carbocycles. The average Bonchev–Trinajstić information content (AvgIpc) is 2.67. The van der Waals surface area contributed by atoms with Gasteiger partial charge >= 0.3 is 0 Å². The van der Waals surface area contributed by atoms with Crippen LogP contribution in [0.25, 0.3) is 0 Å². The zero-order valence-corrected chi connectivity index (χ0v) is 17.6. The number of nitrogens with one attached hydrogen (secondary N) is 1. The number of sulfonamides is 1. The number of nitrogens with zero attached hydrogens (tertiary/aromatic N) is 1. The van der Waals surface area contributed by atoms with Crippen LogP contribution < -0.4 is 5.32 Å². The van der Waals surface area contributed by atoms with Crippen molar-refractivity contribution in [1.29, 1.82) is 0 Å². The Kier molecular flexibility index (Phi) is 6.20. The third kappa shape index (κ3) is 4.62. The quantitative estimate of drug-likeness (QED) is 0.837. The molecule has 0 unspecified atom stereocenters. The Morgan fingerprint density at radius 3 is 2.21 bits per heavy atom. The number of piperidine rings is 1. The van der Waals surface area contributed by atoms with E-state index in [2.05, 4.69) is 11.4 Å². The highest BCUT2D eigenvalue weighted by Crippen LogP contribution is 2.24. The minimum atomic E-state index is -3.49. The largest absolute Gasteiger partial charge is 0.352 e. The fourth-order valence-corrected chi connectivity index (χ4v) is 5.06. The molecule has 5 nitrogen and oxygen atoms in total. The summed E-state index contributed by atoms with van der Waals surface area (Å²) in [5.41, 5.74) is 4.51. The fraction of sp³-hybridized carbons (Fsp3) is 0.409. The number of hydrogen-bond donors (Lipinski definition) is 1. The molecule has 1 amide bonds. The zero-order chi connectivity index (χ0) is 20.3. The van der Waals surface area contributed by atoms with Crippen LogP contribution >= 0.6 is 0 Å². The molecule has 0 bridgehead atoms. The van der Waals surface area contributed by atoms with Gasteiger partial charge in [-0.3, -0.25) is 4.79 Å². The maximum absolute atomic E-state index is 12.8. The van der Waals surface area contributed by atoms with Crippen LogP contribution in [-0.2, 0) is 21.4 Å². The maximum Gasteiger partial charge on any atom is 0.243 e. The van der Waals surface area contributed by atoms with E-state index in [1.165, 1.54) is 15.4 Å². The minimum absolute atomic E-state index is 0.00681. The molecule has 1 N–H and O–H groups in total. The molecule has 6 heteroatoms. The van der Waals surface area contributed by atoms with Crippen LogP contribution in [-0.4, -0.2) is 31.7 Å². The van der Waals surface area contributed by atoms with Gasteiger partial charge in [-0.2, -0.15) is 4.31 Å². The number of carbonyl (C=O) groups is 1. The van der Waals surface area contributed by atoms with E-state index in [0.29, 0.717) is 37.4 Å². The Bertz CT molecular complexity index is 944. The Labute approximate surface area is 167 Å². The molecule has 0 aromatic heterocycles. The van der Waals surface area contributed by atoms with Crippen LogP contribution in [0.3, 0.4) is 0 Å². The lowest BCUT2D eigenvalue weighted by Crippen LogP contribution is -2.42. The summed E-state index contributed by atoms with van der Waals surface area (Å²) in [5, 5.41) is 3.01. The smallest absolute Gasteiger partial charge is 0.243 e. The maximum atomic E-state index is 12.8. The standard InChI is InChI=1S/C22H28N2O3S/c1-16-5-8-21(9-6-16)28(26,27)24-12-10-19(11-13-24)22(25)23-15-20-7-4-17(2)14-18(20)3/h4-9,14,19H,10-13,15H2,1-3H3,(H,23,25). The SMILES string of the molecule is Cc1ccc(S(=O)(=O)N2CCC(C(=O)NCc3ccc(C)cc3C)CC2)cc1. The van der Waals surface area contributed by atoms with E-state index in [1.54, 1.807) is 24.3 Å². The summed E-state index contributed by atoms with van der Waals surface area (Å²) < 4.78 is 27.0. The van der Waals surface area contributed by atoms with Crippen molar-refractivity contribution in [3.8, 4) is 0 Å². The van der Waals surface area contributed by atoms with Gasteiger partial charge in [-0.25, -0.2) is 8.42 Å². The highest BCUT2D eigenvalue weighted by Gasteiger charge is 2.31. The number of rotatable bonds is 5. The first-order valence-electron chi connectivity index (χ1n) is 9.68. The Balaban J connectivity index is 1.55. The topological polar surface area (TPSA) is 66.5 Å². The normalized spacial score (nSPS) is 16.1. The molecule has 0 atom stereocenters. The van der Waals surface area contributed by atoms with Gasteiger partial charge in [0, 0.05) is 25.6 Å². The summed E-state index contributed by atoms with van der Waals surface area (Å²) in [7, 11) is -3.49. The van der Waals surface area contributed by atoms with E-state index in [-0.39, 0.29) is 11.8 Å². The van der Waals surface area contributed by atoms with Crippen LogP contribution in [0.1, 0.15) is 35.1 Å². The molecule has 28 heavy (non-hydrogen) atoms. The Morgan fingerprint density at radius 1 is 1.00 bits per heavy atom. The van der Waals surface area contributed by atoms with Gasteiger partial charge < -0.3 is 5.32 Å². The molecule has 0 aliphatic carbocycles. The van der Waals surface area contributed by atoms with Crippen molar-refractivity contribution in [2.45, 2.75) is 45.1 Å². The molecule has 0 radical (unpaired) electrons. The second kappa shape index (κ2) is 8.45. The lowest BCUT2D eigenvalue weighted by Gasteiger charge is -2.30. The predicted octanol–water partition coefficient (Wildman–Crippen LogP) is 3.33. The van der Waals surface area contributed by atoms with Gasteiger partial charge in [-0.1, -0.05) is 41.5 Å².